The summed E-state index contributed by atoms with van der Waals surface area (Å²) >= 11 is 1.83. The van der Waals surface area contributed by atoms with Gasteiger partial charge in [-0.25, -0.2) is 0 Å². The van der Waals surface area contributed by atoms with Crippen LogP contribution in [0.25, 0.3) is 0 Å². The molecule has 2 heteroatoms. The number of thioether (sulfide) groups is 1. The third-order valence-electron chi connectivity index (χ3n) is 2.39. The number of rotatable bonds is 6. The van der Waals surface area contributed by atoms with Crippen molar-refractivity contribution >= 4 is 11.8 Å². The smallest absolute Gasteiger partial charge is 0.127 e. The number of hydrogen-bond donors (Lipinski definition) is 0. The molecule has 2 rings (SSSR count). The van der Waals surface area contributed by atoms with Crippen molar-refractivity contribution in [2.75, 3.05) is 5.75 Å². The highest BCUT2D eigenvalue weighted by atomic mass is 32.2. The predicted octanol–water partition coefficient (Wildman–Crippen LogP) is 5.15. The molecule has 2 aromatic rings. The van der Waals surface area contributed by atoms with Crippen LogP contribution in [0.5, 0.6) is 11.5 Å². The highest BCUT2D eigenvalue weighted by Crippen LogP contribution is 2.25. The van der Waals surface area contributed by atoms with Crippen molar-refractivity contribution in [1.29, 1.82) is 0 Å². The van der Waals surface area contributed by atoms with Crippen molar-refractivity contribution in [2.45, 2.75) is 11.3 Å². The lowest BCUT2D eigenvalue weighted by molar-refractivity contribution is 0.482. The van der Waals surface area contributed by atoms with Crippen LogP contribution < -0.4 is 4.74 Å². The van der Waals surface area contributed by atoms with E-state index in [1.807, 2.05) is 60.3 Å². The van der Waals surface area contributed by atoms with E-state index in [9.17, 15) is 0 Å². The van der Waals surface area contributed by atoms with Gasteiger partial charge in [0.1, 0.15) is 11.5 Å². The minimum Gasteiger partial charge on any atom is -0.457 e. The highest BCUT2D eigenvalue weighted by Gasteiger charge is 1.97. The topological polar surface area (TPSA) is 9.23 Å². The molecule has 2 aromatic carbocycles. The van der Waals surface area contributed by atoms with Crippen LogP contribution in [-0.2, 0) is 0 Å². The largest absolute Gasteiger partial charge is 0.457 e. The normalized spacial score (nSPS) is 10.0. The first-order valence-corrected chi connectivity index (χ1v) is 6.94. The lowest BCUT2D eigenvalue weighted by Gasteiger charge is -2.06. The SMILES string of the molecule is C=CCCSc1ccc(Oc2ccccc2)cc1. The number of hydrogen-bond acceptors (Lipinski definition) is 2. The standard InChI is InChI=1S/C16H16OS/c1-2-3-13-18-16-11-9-15(10-12-16)17-14-7-5-4-6-8-14/h2,4-12H,1,3,13H2. The van der Waals surface area contributed by atoms with Gasteiger partial charge in [0.25, 0.3) is 0 Å². The Hall–Kier alpha value is -1.67. The zero-order valence-corrected chi connectivity index (χ0v) is 11.0. The fourth-order valence-corrected chi connectivity index (χ4v) is 2.34. The third kappa shape index (κ3) is 3.97. The Bertz CT molecular complexity index is 476. The third-order valence-corrected chi connectivity index (χ3v) is 3.44. The molecular formula is C16H16OS. The Kier molecular flexibility index (Phi) is 4.91. The summed E-state index contributed by atoms with van der Waals surface area (Å²) in [5.74, 6) is 2.81. The summed E-state index contributed by atoms with van der Waals surface area (Å²) in [5, 5.41) is 0. The van der Waals surface area contributed by atoms with E-state index in [-0.39, 0.29) is 0 Å². The summed E-state index contributed by atoms with van der Waals surface area (Å²) < 4.78 is 5.73. The van der Waals surface area contributed by atoms with Gasteiger partial charge >= 0.3 is 0 Å². The van der Waals surface area contributed by atoms with E-state index < -0.39 is 0 Å². The molecule has 0 aromatic heterocycles. The van der Waals surface area contributed by atoms with Gasteiger partial charge < -0.3 is 4.74 Å². The van der Waals surface area contributed by atoms with Gasteiger partial charge in [-0.05, 0) is 42.8 Å². The molecular weight excluding hydrogens is 240 g/mol. The first-order valence-electron chi connectivity index (χ1n) is 5.95. The number of ether oxygens (including phenoxy) is 1. The second kappa shape index (κ2) is 6.92. The van der Waals surface area contributed by atoms with Crippen molar-refractivity contribution < 1.29 is 4.74 Å². The van der Waals surface area contributed by atoms with Crippen LogP contribution in [0.2, 0.25) is 0 Å². The quantitative estimate of drug-likeness (QED) is 0.402. The zero-order valence-electron chi connectivity index (χ0n) is 10.2. The van der Waals surface area contributed by atoms with Crippen LogP contribution in [0.3, 0.4) is 0 Å². The van der Waals surface area contributed by atoms with E-state index in [0.29, 0.717) is 0 Å². The first kappa shape index (κ1) is 12.8. The molecule has 0 N–H and O–H groups in total. The van der Waals surface area contributed by atoms with Crippen molar-refractivity contribution in [3.05, 3.63) is 67.3 Å². The maximum absolute atomic E-state index is 5.73. The minimum atomic E-state index is 0.865. The molecule has 18 heavy (non-hydrogen) atoms. The van der Waals surface area contributed by atoms with E-state index in [1.165, 1.54) is 4.90 Å². The molecule has 0 bridgehead atoms. The number of allylic oxidation sites excluding steroid dienone is 1. The maximum Gasteiger partial charge on any atom is 0.127 e. The molecule has 0 fully saturated rings. The van der Waals surface area contributed by atoms with Crippen molar-refractivity contribution in [3.63, 3.8) is 0 Å². The van der Waals surface area contributed by atoms with Crippen molar-refractivity contribution in [1.82, 2.24) is 0 Å². The van der Waals surface area contributed by atoms with Crippen LogP contribution in [0.15, 0.2) is 72.1 Å². The molecule has 0 aliphatic rings. The minimum absolute atomic E-state index is 0.865. The van der Waals surface area contributed by atoms with E-state index >= 15 is 0 Å². The van der Waals surface area contributed by atoms with E-state index in [4.69, 9.17) is 4.74 Å². The summed E-state index contributed by atoms with van der Waals surface area (Å²) in [6.45, 7) is 3.72. The monoisotopic (exact) mass is 256 g/mol. The molecule has 0 amide bonds. The van der Waals surface area contributed by atoms with Crippen LogP contribution in [0.1, 0.15) is 6.42 Å². The van der Waals surface area contributed by atoms with Gasteiger partial charge in [0.15, 0.2) is 0 Å². The van der Waals surface area contributed by atoms with Gasteiger partial charge in [0.2, 0.25) is 0 Å². The van der Waals surface area contributed by atoms with E-state index in [1.54, 1.807) is 0 Å². The van der Waals surface area contributed by atoms with Crippen molar-refractivity contribution in [3.8, 4) is 11.5 Å². The first-order chi connectivity index (χ1) is 8.88. The van der Waals surface area contributed by atoms with Crippen molar-refractivity contribution in [2.24, 2.45) is 0 Å². The van der Waals surface area contributed by atoms with Gasteiger partial charge in [-0.3, -0.25) is 0 Å². The Morgan fingerprint density at radius 2 is 1.61 bits per heavy atom. The Labute approximate surface area is 112 Å². The molecule has 0 saturated carbocycles. The average Bonchev–Trinajstić information content (AvgIpc) is 2.42. The number of benzene rings is 2. The second-order valence-electron chi connectivity index (χ2n) is 3.81. The van der Waals surface area contributed by atoms with Gasteiger partial charge in [-0.2, -0.15) is 0 Å². The summed E-state index contributed by atoms with van der Waals surface area (Å²) in [6.07, 6.45) is 2.98. The molecule has 0 spiro atoms. The Balaban J connectivity index is 1.93. The second-order valence-corrected chi connectivity index (χ2v) is 4.98. The zero-order chi connectivity index (χ0) is 12.6. The fraction of sp³-hybridized carbons (Fsp3) is 0.125. The summed E-state index contributed by atoms with van der Waals surface area (Å²) in [5.41, 5.74) is 0. The molecule has 0 atom stereocenters. The van der Waals surface area contributed by atoms with Gasteiger partial charge in [0, 0.05) is 10.6 Å². The van der Waals surface area contributed by atoms with Crippen LogP contribution >= 0.6 is 11.8 Å². The van der Waals surface area contributed by atoms with Gasteiger partial charge in [-0.15, -0.1) is 18.3 Å². The number of para-hydroxylation sites is 1. The summed E-state index contributed by atoms with van der Waals surface area (Å²) in [6, 6.07) is 18.0. The molecule has 0 unspecified atom stereocenters. The van der Waals surface area contributed by atoms with Crippen LogP contribution in [-0.4, -0.2) is 5.75 Å². The molecule has 0 radical (unpaired) electrons. The Morgan fingerprint density at radius 1 is 0.944 bits per heavy atom. The van der Waals surface area contributed by atoms with Gasteiger partial charge in [0.05, 0.1) is 0 Å². The van der Waals surface area contributed by atoms with E-state index in [0.717, 1.165) is 23.7 Å². The lowest BCUT2D eigenvalue weighted by Crippen LogP contribution is -1.83. The molecule has 0 aliphatic heterocycles. The molecule has 92 valence electrons. The van der Waals surface area contributed by atoms with Gasteiger partial charge in [-0.1, -0.05) is 24.3 Å². The average molecular weight is 256 g/mol. The fourth-order valence-electron chi connectivity index (χ4n) is 1.49. The van der Waals surface area contributed by atoms with E-state index in [2.05, 4.69) is 18.7 Å². The summed E-state index contributed by atoms with van der Waals surface area (Å²) in [4.78, 5) is 1.26. The maximum atomic E-state index is 5.73. The van der Waals surface area contributed by atoms with Crippen LogP contribution in [0.4, 0.5) is 0 Å². The lowest BCUT2D eigenvalue weighted by atomic mass is 10.3. The molecule has 1 nitrogen and oxygen atoms in total. The summed E-state index contributed by atoms with van der Waals surface area (Å²) in [7, 11) is 0. The Morgan fingerprint density at radius 3 is 2.28 bits per heavy atom. The molecule has 0 heterocycles. The molecule has 0 aliphatic carbocycles. The molecule has 0 saturated heterocycles. The predicted molar refractivity (Wildman–Crippen MR) is 78.5 cm³/mol. The highest BCUT2D eigenvalue weighted by molar-refractivity contribution is 7.99. The van der Waals surface area contributed by atoms with Crippen LogP contribution in [0, 0.1) is 0 Å².